The highest BCUT2D eigenvalue weighted by atomic mass is 35.5. The first kappa shape index (κ1) is 17.8. The minimum absolute atomic E-state index is 0.0489. The van der Waals surface area contributed by atoms with Gasteiger partial charge in [0.05, 0.1) is 17.2 Å². The number of Topliss-reactive ketones (excluding diaryl/α,β-unsaturated/α-hetero) is 1. The molecule has 0 amide bonds. The molecule has 23 heavy (non-hydrogen) atoms. The number of benzene rings is 1. The molecule has 124 valence electrons. The molecule has 0 saturated heterocycles. The summed E-state index contributed by atoms with van der Waals surface area (Å²) in [6.45, 7) is 1.62. The van der Waals surface area contributed by atoms with Crippen molar-refractivity contribution < 1.29 is 23.1 Å². The largest absolute Gasteiger partial charge is 0.465 e. The van der Waals surface area contributed by atoms with E-state index in [4.69, 9.17) is 27.9 Å². The van der Waals surface area contributed by atoms with Gasteiger partial charge < -0.3 is 4.74 Å². The van der Waals surface area contributed by atoms with Crippen LogP contribution in [0, 0.1) is 17.6 Å². The second-order valence-electron chi connectivity index (χ2n) is 4.97. The molecule has 4 nitrogen and oxygen atoms in total. The topological polar surface area (TPSA) is 55.7 Å². The van der Waals surface area contributed by atoms with Gasteiger partial charge in [-0.3, -0.25) is 14.6 Å². The van der Waals surface area contributed by atoms with Crippen LogP contribution in [0.2, 0.25) is 10.0 Å². The van der Waals surface area contributed by atoms with E-state index in [-0.39, 0.29) is 12.6 Å². The molecule has 0 N–H and O–H groups in total. The highest BCUT2D eigenvalue weighted by molar-refractivity contribution is 6.36. The lowest BCUT2D eigenvalue weighted by atomic mass is 9.98. The van der Waals surface area contributed by atoms with E-state index in [9.17, 15) is 18.4 Å². The van der Waals surface area contributed by atoms with Gasteiger partial charge in [0.25, 0.3) is 0 Å². The van der Waals surface area contributed by atoms with Crippen LogP contribution in [0.25, 0.3) is 0 Å². The molecule has 2 rings (SSSR count). The van der Waals surface area contributed by atoms with Crippen LogP contribution in [0.5, 0.6) is 0 Å². The van der Waals surface area contributed by atoms with Crippen molar-refractivity contribution in [3.63, 3.8) is 0 Å². The van der Waals surface area contributed by atoms with Gasteiger partial charge in [-0.25, -0.2) is 8.78 Å². The Kier molecular flexibility index (Phi) is 5.70. The first-order chi connectivity index (χ1) is 10.9. The zero-order valence-electron chi connectivity index (χ0n) is 12.1. The third-order valence-corrected chi connectivity index (χ3v) is 3.79. The molecule has 1 atom stereocenters. The van der Waals surface area contributed by atoms with E-state index < -0.39 is 44.9 Å². The highest BCUT2D eigenvalue weighted by Crippen LogP contribution is 2.30. The normalized spacial score (nSPS) is 15.7. The summed E-state index contributed by atoms with van der Waals surface area (Å²) in [6.07, 6.45) is 2.87. The van der Waals surface area contributed by atoms with Crippen LogP contribution in [0.15, 0.2) is 11.1 Å². The molecule has 1 fully saturated rings. The zero-order valence-corrected chi connectivity index (χ0v) is 13.6. The van der Waals surface area contributed by atoms with Crippen LogP contribution in [-0.4, -0.2) is 30.6 Å². The Labute approximate surface area is 141 Å². The van der Waals surface area contributed by atoms with Crippen molar-refractivity contribution in [2.24, 2.45) is 10.9 Å². The van der Waals surface area contributed by atoms with Gasteiger partial charge >= 0.3 is 5.97 Å². The third-order valence-electron chi connectivity index (χ3n) is 3.18. The predicted octanol–water partition coefficient (Wildman–Crippen LogP) is 3.87. The SMILES string of the molecule is CCOC(=O)C(C=NC1CC1)C(=O)c1cc(Cl)c(F)c(Cl)c1F. The molecule has 0 aliphatic heterocycles. The van der Waals surface area contributed by atoms with E-state index in [0.717, 1.165) is 25.1 Å². The van der Waals surface area contributed by atoms with E-state index >= 15 is 0 Å². The summed E-state index contributed by atoms with van der Waals surface area (Å²) in [5.74, 6) is -5.66. The Hall–Kier alpha value is -1.53. The predicted molar refractivity (Wildman–Crippen MR) is 82.3 cm³/mol. The Morgan fingerprint density at radius 2 is 2.04 bits per heavy atom. The van der Waals surface area contributed by atoms with Crippen LogP contribution in [0.1, 0.15) is 30.1 Å². The number of ketones is 1. The van der Waals surface area contributed by atoms with Crippen LogP contribution < -0.4 is 0 Å². The fourth-order valence-corrected chi connectivity index (χ4v) is 2.27. The number of hydrogen-bond acceptors (Lipinski definition) is 4. The van der Waals surface area contributed by atoms with Gasteiger partial charge in [0.1, 0.15) is 5.02 Å². The first-order valence-corrected chi connectivity index (χ1v) is 7.69. The maximum atomic E-state index is 14.1. The summed E-state index contributed by atoms with van der Waals surface area (Å²) in [4.78, 5) is 28.5. The first-order valence-electron chi connectivity index (χ1n) is 6.94. The molecule has 1 aliphatic carbocycles. The van der Waals surface area contributed by atoms with E-state index in [0.29, 0.717) is 0 Å². The van der Waals surface area contributed by atoms with E-state index in [2.05, 4.69) is 4.99 Å². The van der Waals surface area contributed by atoms with E-state index in [1.807, 2.05) is 0 Å². The molecule has 0 aromatic heterocycles. The standard InChI is InChI=1S/C15H13Cl2F2NO3/c1-2-23-15(22)9(6-20-7-3-4-7)14(21)8-5-10(16)13(19)11(17)12(8)18/h5-7,9H,2-4H2,1H3. The average molecular weight is 364 g/mol. The summed E-state index contributed by atoms with van der Waals surface area (Å²) in [6, 6.07) is 0.863. The minimum atomic E-state index is -1.43. The Morgan fingerprint density at radius 1 is 1.39 bits per heavy atom. The fourth-order valence-electron chi connectivity index (χ4n) is 1.82. The number of ether oxygens (including phenoxy) is 1. The number of carbonyl (C=O) groups excluding carboxylic acids is 2. The molecule has 0 heterocycles. The number of nitrogens with zero attached hydrogens (tertiary/aromatic N) is 1. The molecule has 0 radical (unpaired) electrons. The van der Waals surface area contributed by atoms with Crippen molar-refractivity contribution >= 4 is 41.2 Å². The zero-order chi connectivity index (χ0) is 17.1. The minimum Gasteiger partial charge on any atom is -0.465 e. The smallest absolute Gasteiger partial charge is 0.322 e. The Balaban J connectivity index is 2.38. The fraction of sp³-hybridized carbons (Fsp3) is 0.400. The van der Waals surface area contributed by atoms with Crippen LogP contribution in [0.3, 0.4) is 0 Å². The lowest BCUT2D eigenvalue weighted by molar-refractivity contribution is -0.143. The molecular weight excluding hydrogens is 351 g/mol. The number of esters is 1. The second kappa shape index (κ2) is 7.36. The maximum Gasteiger partial charge on any atom is 0.322 e. The van der Waals surface area contributed by atoms with Crippen LogP contribution >= 0.6 is 23.2 Å². The Bertz CT molecular complexity index is 675. The third kappa shape index (κ3) is 4.06. The second-order valence-corrected chi connectivity index (χ2v) is 5.76. The number of halogens is 4. The number of hydrogen-bond donors (Lipinski definition) is 0. The maximum absolute atomic E-state index is 14.1. The van der Waals surface area contributed by atoms with Crippen molar-refractivity contribution in [3.05, 3.63) is 33.3 Å². The summed E-state index contributed by atoms with van der Waals surface area (Å²) in [5, 5.41) is -1.41. The van der Waals surface area contributed by atoms with Crippen molar-refractivity contribution in [1.82, 2.24) is 0 Å². The molecule has 0 spiro atoms. The summed E-state index contributed by atoms with van der Waals surface area (Å²) in [7, 11) is 0. The van der Waals surface area contributed by atoms with Gasteiger partial charge in [-0.1, -0.05) is 23.2 Å². The van der Waals surface area contributed by atoms with Crippen LogP contribution in [0.4, 0.5) is 8.78 Å². The van der Waals surface area contributed by atoms with Gasteiger partial charge in [0, 0.05) is 12.3 Å². The molecule has 1 aliphatic rings. The van der Waals surface area contributed by atoms with Gasteiger partial charge in [-0.15, -0.1) is 0 Å². The molecule has 1 saturated carbocycles. The van der Waals surface area contributed by atoms with E-state index in [1.54, 1.807) is 6.92 Å². The Morgan fingerprint density at radius 3 is 2.61 bits per heavy atom. The average Bonchev–Trinajstić information content (AvgIpc) is 3.33. The van der Waals surface area contributed by atoms with Crippen molar-refractivity contribution in [2.75, 3.05) is 6.61 Å². The van der Waals surface area contributed by atoms with Gasteiger partial charge in [-0.05, 0) is 25.8 Å². The van der Waals surface area contributed by atoms with Crippen molar-refractivity contribution in [3.8, 4) is 0 Å². The molecule has 8 heteroatoms. The van der Waals surface area contributed by atoms with Crippen molar-refractivity contribution in [2.45, 2.75) is 25.8 Å². The molecule has 0 bridgehead atoms. The van der Waals surface area contributed by atoms with Gasteiger partial charge in [0.2, 0.25) is 0 Å². The summed E-state index contributed by atoms with van der Waals surface area (Å²) in [5.41, 5.74) is -0.582. The van der Waals surface area contributed by atoms with Crippen molar-refractivity contribution in [1.29, 1.82) is 0 Å². The van der Waals surface area contributed by atoms with Gasteiger partial charge in [-0.2, -0.15) is 0 Å². The molecule has 1 unspecified atom stereocenters. The number of aliphatic imine (C=N–C) groups is 1. The molecule has 1 aromatic carbocycles. The van der Waals surface area contributed by atoms with E-state index in [1.165, 1.54) is 0 Å². The van der Waals surface area contributed by atoms with Gasteiger partial charge in [0.15, 0.2) is 23.3 Å². The summed E-state index contributed by atoms with van der Waals surface area (Å²) >= 11 is 11.1. The quantitative estimate of drug-likeness (QED) is 0.192. The highest BCUT2D eigenvalue weighted by Gasteiger charge is 2.32. The lowest BCUT2D eigenvalue weighted by Gasteiger charge is -2.12. The lowest BCUT2D eigenvalue weighted by Crippen LogP contribution is -2.28. The van der Waals surface area contributed by atoms with Crippen LogP contribution in [-0.2, 0) is 9.53 Å². The molecular formula is C15H13Cl2F2NO3. The molecule has 1 aromatic rings. The summed E-state index contributed by atoms with van der Waals surface area (Å²) < 4.78 is 32.3. The number of rotatable bonds is 6. The number of carbonyl (C=O) groups is 2. The monoisotopic (exact) mass is 363 g/mol.